The van der Waals surface area contributed by atoms with Crippen molar-refractivity contribution in [3.63, 3.8) is 0 Å². The molecule has 20 heavy (non-hydrogen) atoms. The molecule has 8 heteroatoms. The maximum atomic E-state index is 12.5. The molecule has 1 aromatic heterocycles. The summed E-state index contributed by atoms with van der Waals surface area (Å²) in [4.78, 5) is 3.89. The number of pyridine rings is 1. The summed E-state index contributed by atoms with van der Waals surface area (Å²) in [5.74, 6) is -1.05. The van der Waals surface area contributed by atoms with Crippen molar-refractivity contribution in [2.45, 2.75) is 38.0 Å². The maximum absolute atomic E-state index is 12.5. The molecule has 1 aliphatic carbocycles. The molecule has 0 radical (unpaired) electrons. The fraction of sp³-hybridized carbons (Fsp3) is 0.583. The van der Waals surface area contributed by atoms with Gasteiger partial charge in [0.05, 0.1) is 11.5 Å². The second-order valence-electron chi connectivity index (χ2n) is 4.91. The van der Waals surface area contributed by atoms with Gasteiger partial charge in [0.25, 0.3) is 0 Å². The molecule has 0 unspecified atom stereocenters. The molecule has 2 rings (SSSR count). The van der Waals surface area contributed by atoms with Gasteiger partial charge in [-0.1, -0.05) is 6.07 Å². The van der Waals surface area contributed by atoms with E-state index in [1.165, 1.54) is 6.07 Å². The lowest BCUT2D eigenvalue weighted by Gasteiger charge is -2.29. The molecule has 0 bridgehead atoms. The summed E-state index contributed by atoms with van der Waals surface area (Å²) in [6, 6.07) is 4.53. The standard InChI is InChI=1S/C12H15BF3NO3/c14-12(15,16)8-4-6-9(7-5-8)20-11-3-1-2-10(17-11)13(18)19/h1-3,8-9,18-19H,4-7H2. The molecule has 0 aromatic carbocycles. The van der Waals surface area contributed by atoms with Crippen molar-refractivity contribution in [3.05, 3.63) is 18.2 Å². The van der Waals surface area contributed by atoms with Crippen molar-refractivity contribution in [3.8, 4) is 5.88 Å². The van der Waals surface area contributed by atoms with Gasteiger partial charge in [-0.2, -0.15) is 13.2 Å². The Labute approximate surface area is 114 Å². The SMILES string of the molecule is OB(O)c1cccc(OC2CCC(C(F)(F)F)CC2)n1. The first-order valence-electron chi connectivity index (χ1n) is 6.42. The number of halogens is 3. The number of rotatable bonds is 3. The van der Waals surface area contributed by atoms with Crippen LogP contribution in [0.15, 0.2) is 18.2 Å². The van der Waals surface area contributed by atoms with Gasteiger partial charge in [-0.3, -0.25) is 0 Å². The zero-order valence-electron chi connectivity index (χ0n) is 10.7. The predicted molar refractivity (Wildman–Crippen MR) is 66.5 cm³/mol. The first-order valence-corrected chi connectivity index (χ1v) is 6.42. The van der Waals surface area contributed by atoms with E-state index in [1.54, 1.807) is 12.1 Å². The number of aromatic nitrogens is 1. The van der Waals surface area contributed by atoms with Crippen LogP contribution in [0, 0.1) is 5.92 Å². The van der Waals surface area contributed by atoms with E-state index in [9.17, 15) is 13.2 Å². The van der Waals surface area contributed by atoms with E-state index in [1.807, 2.05) is 0 Å². The fourth-order valence-corrected chi connectivity index (χ4v) is 2.32. The monoisotopic (exact) mass is 289 g/mol. The van der Waals surface area contributed by atoms with Crippen molar-refractivity contribution in [1.29, 1.82) is 0 Å². The van der Waals surface area contributed by atoms with Crippen LogP contribution in [0.5, 0.6) is 5.88 Å². The number of alkyl halides is 3. The molecule has 1 aromatic rings. The Morgan fingerprint density at radius 1 is 1.15 bits per heavy atom. The molecule has 1 heterocycles. The smallest absolute Gasteiger partial charge is 0.474 e. The van der Waals surface area contributed by atoms with Crippen LogP contribution in [0.4, 0.5) is 13.2 Å². The van der Waals surface area contributed by atoms with Gasteiger partial charge in [0.15, 0.2) is 0 Å². The second-order valence-corrected chi connectivity index (χ2v) is 4.91. The second kappa shape index (κ2) is 6.01. The lowest BCUT2D eigenvalue weighted by atomic mass is 9.86. The maximum Gasteiger partial charge on any atom is 0.508 e. The Hall–Kier alpha value is -1.28. The van der Waals surface area contributed by atoms with E-state index in [0.717, 1.165) is 0 Å². The summed E-state index contributed by atoms with van der Waals surface area (Å²) in [5, 5.41) is 18.0. The molecule has 0 amide bonds. The van der Waals surface area contributed by atoms with Crippen molar-refractivity contribution in [1.82, 2.24) is 4.98 Å². The summed E-state index contributed by atoms with van der Waals surface area (Å²) in [6.45, 7) is 0. The third kappa shape index (κ3) is 3.86. The Balaban J connectivity index is 1.91. The van der Waals surface area contributed by atoms with E-state index < -0.39 is 19.2 Å². The first kappa shape index (κ1) is 15.1. The lowest BCUT2D eigenvalue weighted by Crippen LogP contribution is -2.34. The van der Waals surface area contributed by atoms with E-state index in [4.69, 9.17) is 14.8 Å². The van der Waals surface area contributed by atoms with Crippen molar-refractivity contribution < 1.29 is 28.0 Å². The summed E-state index contributed by atoms with van der Waals surface area (Å²) in [7, 11) is -1.69. The molecule has 0 saturated heterocycles. The number of nitrogens with zero attached hydrogens (tertiary/aromatic N) is 1. The van der Waals surface area contributed by atoms with Crippen LogP contribution in [0.25, 0.3) is 0 Å². The normalized spacial score (nSPS) is 23.4. The largest absolute Gasteiger partial charge is 0.508 e. The van der Waals surface area contributed by atoms with Gasteiger partial charge in [0.2, 0.25) is 5.88 Å². The molecule has 4 nitrogen and oxygen atoms in total. The van der Waals surface area contributed by atoms with Crippen LogP contribution in [-0.4, -0.2) is 34.4 Å². The molecular formula is C12H15BF3NO3. The minimum Gasteiger partial charge on any atom is -0.474 e. The Morgan fingerprint density at radius 3 is 2.35 bits per heavy atom. The van der Waals surface area contributed by atoms with Gasteiger partial charge in [-0.25, -0.2) is 4.98 Å². The zero-order valence-corrected chi connectivity index (χ0v) is 10.7. The average molecular weight is 289 g/mol. The molecule has 110 valence electrons. The van der Waals surface area contributed by atoms with Gasteiger partial charge >= 0.3 is 13.3 Å². The van der Waals surface area contributed by atoms with Gasteiger partial charge in [-0.05, 0) is 31.7 Å². The third-order valence-corrected chi connectivity index (χ3v) is 3.43. The zero-order chi connectivity index (χ0) is 14.8. The van der Waals surface area contributed by atoms with E-state index in [2.05, 4.69) is 4.98 Å². The highest BCUT2D eigenvalue weighted by Gasteiger charge is 2.41. The molecule has 0 atom stereocenters. The number of hydrogen-bond donors (Lipinski definition) is 2. The van der Waals surface area contributed by atoms with Crippen molar-refractivity contribution >= 4 is 12.7 Å². The predicted octanol–water partition coefficient (Wildman–Crippen LogP) is 1.26. The molecule has 2 N–H and O–H groups in total. The van der Waals surface area contributed by atoms with Crippen LogP contribution in [0.1, 0.15) is 25.7 Å². The number of hydrogen-bond acceptors (Lipinski definition) is 4. The molecule has 1 fully saturated rings. The average Bonchev–Trinajstić information content (AvgIpc) is 2.38. The van der Waals surface area contributed by atoms with Crippen LogP contribution in [-0.2, 0) is 0 Å². The summed E-state index contributed by atoms with van der Waals surface area (Å²) >= 11 is 0. The van der Waals surface area contributed by atoms with Gasteiger partial charge < -0.3 is 14.8 Å². The molecule has 0 aliphatic heterocycles. The number of ether oxygens (including phenoxy) is 1. The van der Waals surface area contributed by atoms with Gasteiger partial charge in [0, 0.05) is 6.07 Å². The van der Waals surface area contributed by atoms with Gasteiger partial charge in [0.1, 0.15) is 6.10 Å². The molecule has 1 saturated carbocycles. The van der Waals surface area contributed by atoms with Crippen LogP contribution < -0.4 is 10.3 Å². The summed E-state index contributed by atoms with van der Waals surface area (Å²) in [5.41, 5.74) is 0.0477. The highest BCUT2D eigenvalue weighted by atomic mass is 19.4. The van der Waals surface area contributed by atoms with Crippen LogP contribution in [0.2, 0.25) is 0 Å². The topological polar surface area (TPSA) is 62.6 Å². The lowest BCUT2D eigenvalue weighted by molar-refractivity contribution is -0.185. The van der Waals surface area contributed by atoms with Crippen LogP contribution >= 0.6 is 0 Å². The van der Waals surface area contributed by atoms with Gasteiger partial charge in [-0.15, -0.1) is 0 Å². The highest BCUT2D eigenvalue weighted by Crippen LogP contribution is 2.38. The minimum atomic E-state index is -4.13. The van der Waals surface area contributed by atoms with Crippen LogP contribution in [0.3, 0.4) is 0 Å². The van der Waals surface area contributed by atoms with Crippen molar-refractivity contribution in [2.75, 3.05) is 0 Å². The Bertz CT molecular complexity index is 448. The van der Waals surface area contributed by atoms with E-state index in [0.29, 0.717) is 12.8 Å². The summed E-state index contributed by atoms with van der Waals surface area (Å²) < 4.78 is 43.1. The fourth-order valence-electron chi connectivity index (χ4n) is 2.32. The quantitative estimate of drug-likeness (QED) is 0.822. The first-order chi connectivity index (χ1) is 9.36. The molecular weight excluding hydrogens is 274 g/mol. The highest BCUT2D eigenvalue weighted by molar-refractivity contribution is 6.57. The summed E-state index contributed by atoms with van der Waals surface area (Å²) in [6.07, 6.45) is -3.71. The van der Waals surface area contributed by atoms with E-state index in [-0.39, 0.29) is 30.4 Å². The molecule has 0 spiro atoms. The van der Waals surface area contributed by atoms with E-state index >= 15 is 0 Å². The Morgan fingerprint density at radius 2 is 1.80 bits per heavy atom. The molecule has 1 aliphatic rings. The minimum absolute atomic E-state index is 0.0477. The van der Waals surface area contributed by atoms with Crippen molar-refractivity contribution in [2.24, 2.45) is 5.92 Å². The Kier molecular flexibility index (Phi) is 4.54. The third-order valence-electron chi connectivity index (χ3n) is 3.43.